The van der Waals surface area contributed by atoms with Crippen LogP contribution in [0.1, 0.15) is 22.3 Å². The fraction of sp³-hybridized carbons (Fsp3) is 0.273. The second-order valence-corrected chi connectivity index (χ2v) is 7.29. The maximum Gasteiger partial charge on any atom is 0.350 e. The van der Waals surface area contributed by atoms with Crippen LogP contribution >= 0.6 is 0 Å². The summed E-state index contributed by atoms with van der Waals surface area (Å²) in [6.07, 6.45) is 0.657. The average molecular weight is 377 g/mol. The number of aryl methyl sites for hydroxylation is 4. The SMILES string of the molecule is COc1cc2c(cc1O)CCn1c-2cc(Nc2c(C)cc(C)cc2C)nc1=O. The van der Waals surface area contributed by atoms with E-state index >= 15 is 0 Å². The molecular formula is C22H23N3O3. The Labute approximate surface area is 163 Å². The van der Waals surface area contributed by atoms with Gasteiger partial charge in [-0.05, 0) is 56.0 Å². The van der Waals surface area contributed by atoms with Crippen LogP contribution in [0.15, 0.2) is 35.1 Å². The van der Waals surface area contributed by atoms with Crippen LogP contribution in [0.5, 0.6) is 11.5 Å². The van der Waals surface area contributed by atoms with Crippen LogP contribution in [0.4, 0.5) is 11.5 Å². The van der Waals surface area contributed by atoms with Crippen molar-refractivity contribution < 1.29 is 9.84 Å². The van der Waals surface area contributed by atoms with Gasteiger partial charge in [0.25, 0.3) is 0 Å². The molecule has 144 valence electrons. The number of phenols is 1. The Morgan fingerprint density at radius 2 is 1.82 bits per heavy atom. The third-order valence-electron chi connectivity index (χ3n) is 5.23. The molecule has 0 amide bonds. The van der Waals surface area contributed by atoms with Gasteiger partial charge < -0.3 is 15.2 Å². The number of phenolic OH excluding ortho intramolecular Hbond substituents is 1. The summed E-state index contributed by atoms with van der Waals surface area (Å²) in [5.41, 5.74) is 6.69. The topological polar surface area (TPSA) is 76.4 Å². The highest BCUT2D eigenvalue weighted by molar-refractivity contribution is 5.73. The normalized spacial score (nSPS) is 12.3. The van der Waals surface area contributed by atoms with E-state index in [2.05, 4.69) is 29.4 Å². The number of methoxy groups -OCH3 is 1. The second-order valence-electron chi connectivity index (χ2n) is 7.29. The summed E-state index contributed by atoms with van der Waals surface area (Å²) in [6, 6.07) is 9.58. The Morgan fingerprint density at radius 3 is 2.50 bits per heavy atom. The molecule has 0 radical (unpaired) electrons. The molecule has 0 fully saturated rings. The van der Waals surface area contributed by atoms with Crippen LogP contribution in [0.3, 0.4) is 0 Å². The van der Waals surface area contributed by atoms with Crippen molar-refractivity contribution >= 4 is 11.5 Å². The maximum absolute atomic E-state index is 12.7. The van der Waals surface area contributed by atoms with Gasteiger partial charge in [0.15, 0.2) is 11.5 Å². The molecule has 0 spiro atoms. The van der Waals surface area contributed by atoms with Gasteiger partial charge in [-0.2, -0.15) is 4.98 Å². The first-order chi connectivity index (χ1) is 13.4. The molecule has 4 rings (SSSR count). The number of nitrogens with zero attached hydrogens (tertiary/aromatic N) is 2. The molecule has 3 aromatic rings. The molecule has 0 unspecified atom stereocenters. The largest absolute Gasteiger partial charge is 0.504 e. The Bertz CT molecular complexity index is 1130. The number of benzene rings is 2. The molecule has 2 N–H and O–H groups in total. The molecule has 0 saturated heterocycles. The Balaban J connectivity index is 1.84. The van der Waals surface area contributed by atoms with Crippen LogP contribution < -0.4 is 15.7 Å². The van der Waals surface area contributed by atoms with Gasteiger partial charge in [0.05, 0.1) is 12.8 Å². The van der Waals surface area contributed by atoms with Crippen LogP contribution in [0.25, 0.3) is 11.3 Å². The molecule has 6 nitrogen and oxygen atoms in total. The minimum Gasteiger partial charge on any atom is -0.504 e. The van der Waals surface area contributed by atoms with E-state index in [9.17, 15) is 9.90 Å². The lowest BCUT2D eigenvalue weighted by Gasteiger charge is -2.23. The lowest BCUT2D eigenvalue weighted by atomic mass is 9.97. The first-order valence-electron chi connectivity index (χ1n) is 9.24. The molecule has 28 heavy (non-hydrogen) atoms. The highest BCUT2D eigenvalue weighted by Crippen LogP contribution is 2.38. The zero-order chi connectivity index (χ0) is 20.0. The summed E-state index contributed by atoms with van der Waals surface area (Å²) < 4.78 is 6.92. The number of nitrogens with one attached hydrogen (secondary N) is 1. The summed E-state index contributed by atoms with van der Waals surface area (Å²) in [4.78, 5) is 16.9. The van der Waals surface area contributed by atoms with Gasteiger partial charge in [0.2, 0.25) is 0 Å². The summed E-state index contributed by atoms with van der Waals surface area (Å²) >= 11 is 0. The monoisotopic (exact) mass is 377 g/mol. The number of hydrogen-bond acceptors (Lipinski definition) is 5. The molecule has 0 atom stereocenters. The standard InChI is InChI=1S/C22H23N3O3/c1-12-7-13(2)21(14(3)8-12)23-20-11-17-16-10-19(28-4)18(26)9-15(16)5-6-25(17)22(27)24-20/h7-11,26H,5-6H2,1-4H3,(H,23,24,27). The summed E-state index contributed by atoms with van der Waals surface area (Å²) in [6.45, 7) is 6.67. The molecule has 2 heterocycles. The summed E-state index contributed by atoms with van der Waals surface area (Å²) in [7, 11) is 1.51. The van der Waals surface area contributed by atoms with E-state index in [0.29, 0.717) is 24.5 Å². The van der Waals surface area contributed by atoms with Crippen molar-refractivity contribution in [1.29, 1.82) is 0 Å². The third kappa shape index (κ3) is 3.01. The van der Waals surface area contributed by atoms with E-state index in [-0.39, 0.29) is 11.4 Å². The Hall–Kier alpha value is -3.28. The smallest absolute Gasteiger partial charge is 0.350 e. The molecule has 1 aliphatic heterocycles. The molecule has 1 aromatic heterocycles. The predicted octanol–water partition coefficient (Wildman–Crippen LogP) is 3.85. The number of rotatable bonds is 3. The first kappa shape index (κ1) is 18.1. The molecular weight excluding hydrogens is 354 g/mol. The molecule has 1 aliphatic rings. The molecule has 2 aromatic carbocycles. The van der Waals surface area contributed by atoms with Crippen molar-refractivity contribution in [3.8, 4) is 22.8 Å². The van der Waals surface area contributed by atoms with Gasteiger partial charge in [-0.1, -0.05) is 17.7 Å². The average Bonchev–Trinajstić information content (AvgIpc) is 2.64. The maximum atomic E-state index is 12.7. The number of aromatic hydroxyl groups is 1. The lowest BCUT2D eigenvalue weighted by Crippen LogP contribution is -2.28. The number of aromatic nitrogens is 2. The predicted molar refractivity (Wildman–Crippen MR) is 110 cm³/mol. The highest BCUT2D eigenvalue weighted by atomic mass is 16.5. The molecule has 6 heteroatoms. The second kappa shape index (κ2) is 6.71. The third-order valence-corrected chi connectivity index (χ3v) is 5.23. The number of fused-ring (bicyclic) bond motifs is 3. The first-order valence-corrected chi connectivity index (χ1v) is 9.24. The lowest BCUT2D eigenvalue weighted by molar-refractivity contribution is 0.373. The van der Waals surface area contributed by atoms with Crippen LogP contribution in [0, 0.1) is 20.8 Å². The van der Waals surface area contributed by atoms with Crippen molar-refractivity contribution in [2.24, 2.45) is 0 Å². The van der Waals surface area contributed by atoms with Gasteiger partial charge in [-0.15, -0.1) is 0 Å². The van der Waals surface area contributed by atoms with Crippen molar-refractivity contribution in [2.75, 3.05) is 12.4 Å². The van der Waals surface area contributed by atoms with Crippen molar-refractivity contribution in [3.63, 3.8) is 0 Å². The Morgan fingerprint density at radius 1 is 1.11 bits per heavy atom. The van der Waals surface area contributed by atoms with E-state index in [1.165, 1.54) is 12.7 Å². The summed E-state index contributed by atoms with van der Waals surface area (Å²) in [5, 5.41) is 13.4. The van der Waals surface area contributed by atoms with E-state index in [0.717, 1.165) is 33.6 Å². The van der Waals surface area contributed by atoms with Crippen LogP contribution in [-0.4, -0.2) is 21.8 Å². The number of hydrogen-bond donors (Lipinski definition) is 2. The van der Waals surface area contributed by atoms with Gasteiger partial charge in [-0.3, -0.25) is 4.57 Å². The fourth-order valence-corrected chi connectivity index (χ4v) is 3.97. The van der Waals surface area contributed by atoms with Gasteiger partial charge in [0.1, 0.15) is 5.82 Å². The summed E-state index contributed by atoms with van der Waals surface area (Å²) in [5.74, 6) is 0.998. The van der Waals surface area contributed by atoms with E-state index in [1.54, 1.807) is 16.7 Å². The van der Waals surface area contributed by atoms with Crippen molar-refractivity contribution in [3.05, 3.63) is 63.1 Å². The van der Waals surface area contributed by atoms with Gasteiger partial charge in [-0.25, -0.2) is 4.79 Å². The van der Waals surface area contributed by atoms with Crippen molar-refractivity contribution in [1.82, 2.24) is 9.55 Å². The zero-order valence-corrected chi connectivity index (χ0v) is 16.5. The minimum absolute atomic E-state index is 0.107. The fourth-order valence-electron chi connectivity index (χ4n) is 3.97. The highest BCUT2D eigenvalue weighted by Gasteiger charge is 2.21. The quantitative estimate of drug-likeness (QED) is 0.725. The van der Waals surface area contributed by atoms with E-state index in [4.69, 9.17) is 4.74 Å². The van der Waals surface area contributed by atoms with E-state index < -0.39 is 0 Å². The molecule has 0 saturated carbocycles. The molecule has 0 aliphatic carbocycles. The zero-order valence-electron chi connectivity index (χ0n) is 16.5. The number of ether oxygens (including phenoxy) is 1. The van der Waals surface area contributed by atoms with Crippen LogP contribution in [-0.2, 0) is 13.0 Å². The minimum atomic E-state index is -0.292. The van der Waals surface area contributed by atoms with E-state index in [1.807, 2.05) is 19.9 Å². The van der Waals surface area contributed by atoms with Crippen molar-refractivity contribution in [2.45, 2.75) is 33.7 Å². The molecule has 0 bridgehead atoms. The number of anilines is 2. The van der Waals surface area contributed by atoms with Gasteiger partial charge in [0, 0.05) is 23.9 Å². The van der Waals surface area contributed by atoms with Crippen LogP contribution in [0.2, 0.25) is 0 Å². The Kier molecular flexibility index (Phi) is 4.34. The van der Waals surface area contributed by atoms with Gasteiger partial charge >= 0.3 is 5.69 Å².